The second-order valence-corrected chi connectivity index (χ2v) is 7.29. The molecule has 0 radical (unpaired) electrons. The molecule has 1 heterocycles. The van der Waals surface area contributed by atoms with Crippen LogP contribution < -0.4 is 0 Å². The van der Waals surface area contributed by atoms with Crippen molar-refractivity contribution in [2.45, 2.75) is 24.7 Å². The van der Waals surface area contributed by atoms with Crippen LogP contribution in [0.2, 0.25) is 5.02 Å². The van der Waals surface area contributed by atoms with Gasteiger partial charge in [0.05, 0.1) is 17.4 Å². The first-order valence-corrected chi connectivity index (χ1v) is 8.69. The number of carbonyl (C=O) groups is 1. The van der Waals surface area contributed by atoms with Gasteiger partial charge in [-0.3, -0.25) is 4.79 Å². The highest BCUT2D eigenvalue weighted by atomic mass is 35.5. The fraction of sp³-hybridized carbons (Fsp3) is 0.500. The van der Waals surface area contributed by atoms with Crippen molar-refractivity contribution in [2.75, 3.05) is 19.7 Å². The minimum Gasteiger partial charge on any atom is -0.466 e. The van der Waals surface area contributed by atoms with Crippen LogP contribution in [0.5, 0.6) is 0 Å². The van der Waals surface area contributed by atoms with Crippen LogP contribution in [-0.4, -0.2) is 38.4 Å². The topological polar surface area (TPSA) is 63.7 Å². The fourth-order valence-corrected chi connectivity index (χ4v) is 4.21. The first kappa shape index (κ1) is 16.3. The molecular formula is C14H18ClNO4S. The van der Waals surface area contributed by atoms with Crippen molar-refractivity contribution in [3.63, 3.8) is 0 Å². The molecule has 0 aliphatic carbocycles. The van der Waals surface area contributed by atoms with E-state index in [0.717, 1.165) is 0 Å². The van der Waals surface area contributed by atoms with Crippen LogP contribution in [0.15, 0.2) is 29.2 Å². The van der Waals surface area contributed by atoms with Gasteiger partial charge in [0, 0.05) is 18.1 Å². The second kappa shape index (κ2) is 6.77. The van der Waals surface area contributed by atoms with Crippen molar-refractivity contribution in [1.82, 2.24) is 4.31 Å². The highest BCUT2D eigenvalue weighted by molar-refractivity contribution is 7.89. The van der Waals surface area contributed by atoms with E-state index in [9.17, 15) is 13.2 Å². The average Bonchev–Trinajstić information content (AvgIpc) is 2.47. The molecule has 0 spiro atoms. The molecule has 21 heavy (non-hydrogen) atoms. The van der Waals surface area contributed by atoms with E-state index in [-0.39, 0.29) is 17.4 Å². The fourth-order valence-electron chi connectivity index (χ4n) is 2.39. The third-order valence-electron chi connectivity index (χ3n) is 3.44. The molecule has 1 aliphatic rings. The van der Waals surface area contributed by atoms with Gasteiger partial charge in [-0.15, -0.1) is 0 Å². The summed E-state index contributed by atoms with van der Waals surface area (Å²) >= 11 is 5.85. The van der Waals surface area contributed by atoms with Crippen molar-refractivity contribution in [1.29, 1.82) is 0 Å². The maximum Gasteiger partial charge on any atom is 0.310 e. The number of halogens is 1. The lowest BCUT2D eigenvalue weighted by atomic mass is 10.0. The standard InChI is InChI=1S/C14H18ClNO4S/c1-2-20-14(17)11-5-4-8-16(10-11)21(18,19)13-7-3-6-12(15)9-13/h3,6-7,9,11H,2,4-5,8,10H2,1H3/t11-/m0/s1. The Balaban J connectivity index is 2.18. The molecule has 0 N–H and O–H groups in total. The van der Waals surface area contributed by atoms with Gasteiger partial charge < -0.3 is 4.74 Å². The Morgan fingerprint density at radius 2 is 2.24 bits per heavy atom. The summed E-state index contributed by atoms with van der Waals surface area (Å²) in [4.78, 5) is 11.9. The van der Waals surface area contributed by atoms with Crippen LogP contribution in [0.1, 0.15) is 19.8 Å². The van der Waals surface area contributed by atoms with Crippen molar-refractivity contribution in [2.24, 2.45) is 5.92 Å². The summed E-state index contributed by atoms with van der Waals surface area (Å²) in [5, 5.41) is 0.370. The zero-order valence-corrected chi connectivity index (χ0v) is 13.4. The molecule has 0 bridgehead atoms. The molecule has 0 unspecified atom stereocenters. The molecule has 0 saturated carbocycles. The number of nitrogens with zero attached hydrogens (tertiary/aromatic N) is 1. The van der Waals surface area contributed by atoms with Gasteiger partial charge >= 0.3 is 5.97 Å². The Hall–Kier alpha value is -1.11. The number of piperidine rings is 1. The number of carbonyl (C=O) groups excluding carboxylic acids is 1. The Labute approximate surface area is 129 Å². The van der Waals surface area contributed by atoms with E-state index in [1.807, 2.05) is 0 Å². The summed E-state index contributed by atoms with van der Waals surface area (Å²) in [7, 11) is -3.62. The molecule has 1 atom stereocenters. The predicted molar refractivity (Wildman–Crippen MR) is 79.6 cm³/mol. The van der Waals surface area contributed by atoms with E-state index in [1.54, 1.807) is 19.1 Å². The smallest absolute Gasteiger partial charge is 0.310 e. The lowest BCUT2D eigenvalue weighted by Gasteiger charge is -2.30. The van der Waals surface area contributed by atoms with Gasteiger partial charge in [-0.2, -0.15) is 4.31 Å². The van der Waals surface area contributed by atoms with Crippen LogP contribution in [0.25, 0.3) is 0 Å². The van der Waals surface area contributed by atoms with Crippen LogP contribution in [0, 0.1) is 5.92 Å². The summed E-state index contributed by atoms with van der Waals surface area (Å²) in [5.74, 6) is -0.726. The zero-order chi connectivity index (χ0) is 15.5. The van der Waals surface area contributed by atoms with Gasteiger partial charge in [0.1, 0.15) is 0 Å². The van der Waals surface area contributed by atoms with E-state index in [2.05, 4.69) is 0 Å². The van der Waals surface area contributed by atoms with Gasteiger partial charge in [-0.05, 0) is 38.0 Å². The van der Waals surface area contributed by atoms with Gasteiger partial charge in [-0.25, -0.2) is 8.42 Å². The number of sulfonamides is 1. The van der Waals surface area contributed by atoms with Crippen LogP contribution >= 0.6 is 11.6 Å². The summed E-state index contributed by atoms with van der Waals surface area (Å²) in [6.07, 6.45) is 1.30. The van der Waals surface area contributed by atoms with Crippen molar-refractivity contribution < 1.29 is 17.9 Å². The first-order chi connectivity index (χ1) is 9.95. The van der Waals surface area contributed by atoms with E-state index < -0.39 is 15.9 Å². The van der Waals surface area contributed by atoms with Gasteiger partial charge in [0.15, 0.2) is 0 Å². The van der Waals surface area contributed by atoms with Crippen LogP contribution in [0.4, 0.5) is 0 Å². The highest BCUT2D eigenvalue weighted by Gasteiger charge is 2.33. The number of hydrogen-bond donors (Lipinski definition) is 0. The first-order valence-electron chi connectivity index (χ1n) is 6.87. The molecule has 1 aromatic rings. The van der Waals surface area contributed by atoms with E-state index >= 15 is 0 Å². The molecule has 116 valence electrons. The van der Waals surface area contributed by atoms with Crippen LogP contribution in [0.3, 0.4) is 0 Å². The number of ether oxygens (including phenoxy) is 1. The number of benzene rings is 1. The summed E-state index contributed by atoms with van der Waals surface area (Å²) in [5.41, 5.74) is 0. The van der Waals surface area contributed by atoms with E-state index in [0.29, 0.717) is 31.0 Å². The van der Waals surface area contributed by atoms with E-state index in [4.69, 9.17) is 16.3 Å². The Kier molecular flexibility index (Phi) is 5.24. The van der Waals surface area contributed by atoms with Crippen molar-refractivity contribution in [3.05, 3.63) is 29.3 Å². The molecule has 1 aliphatic heterocycles. The summed E-state index contributed by atoms with van der Waals surface area (Å²) in [6, 6.07) is 6.15. The van der Waals surface area contributed by atoms with Gasteiger partial charge in [0.25, 0.3) is 0 Å². The number of rotatable bonds is 4. The zero-order valence-electron chi connectivity index (χ0n) is 11.8. The monoisotopic (exact) mass is 331 g/mol. The van der Waals surface area contributed by atoms with Gasteiger partial charge in [-0.1, -0.05) is 17.7 Å². The lowest BCUT2D eigenvalue weighted by molar-refractivity contribution is -0.149. The molecule has 0 aromatic heterocycles. The Bertz CT molecular complexity index is 617. The third kappa shape index (κ3) is 3.75. The predicted octanol–water partition coefficient (Wildman–Crippen LogP) is 2.30. The van der Waals surface area contributed by atoms with Crippen molar-refractivity contribution in [3.8, 4) is 0 Å². The Morgan fingerprint density at radius 3 is 2.90 bits per heavy atom. The number of hydrogen-bond acceptors (Lipinski definition) is 4. The molecule has 1 fully saturated rings. The molecule has 2 rings (SSSR count). The summed E-state index contributed by atoms with van der Waals surface area (Å²) in [6.45, 7) is 2.61. The van der Waals surface area contributed by atoms with Crippen molar-refractivity contribution >= 4 is 27.6 Å². The molecule has 7 heteroatoms. The lowest BCUT2D eigenvalue weighted by Crippen LogP contribution is -2.42. The number of esters is 1. The molecule has 1 saturated heterocycles. The highest BCUT2D eigenvalue weighted by Crippen LogP contribution is 2.25. The maximum absolute atomic E-state index is 12.6. The summed E-state index contributed by atoms with van der Waals surface area (Å²) < 4.78 is 31.5. The van der Waals surface area contributed by atoms with E-state index in [1.165, 1.54) is 16.4 Å². The third-order valence-corrected chi connectivity index (χ3v) is 5.53. The van der Waals surface area contributed by atoms with Crippen LogP contribution in [-0.2, 0) is 19.6 Å². The SMILES string of the molecule is CCOC(=O)[C@H]1CCCN(S(=O)(=O)c2cccc(Cl)c2)C1. The molecule has 0 amide bonds. The minimum atomic E-state index is -3.62. The maximum atomic E-state index is 12.6. The minimum absolute atomic E-state index is 0.152. The second-order valence-electron chi connectivity index (χ2n) is 4.91. The largest absolute Gasteiger partial charge is 0.466 e. The molecule has 5 nitrogen and oxygen atoms in total. The molecule has 1 aromatic carbocycles. The normalized spacial score (nSPS) is 20.2. The average molecular weight is 332 g/mol. The van der Waals surface area contributed by atoms with Gasteiger partial charge in [0.2, 0.25) is 10.0 Å². The quantitative estimate of drug-likeness (QED) is 0.794. The molecular weight excluding hydrogens is 314 g/mol. The Morgan fingerprint density at radius 1 is 1.48 bits per heavy atom.